The molecule has 0 saturated carbocycles. The van der Waals surface area contributed by atoms with Crippen molar-refractivity contribution < 1.29 is 9.59 Å². The Labute approximate surface area is 93.3 Å². The normalized spacial score (nSPS) is 18.8. The first-order valence-electron chi connectivity index (χ1n) is 4.88. The Morgan fingerprint density at radius 2 is 1.94 bits per heavy atom. The summed E-state index contributed by atoms with van der Waals surface area (Å²) in [6, 6.07) is 6.53. The lowest BCUT2D eigenvalue weighted by Crippen LogP contribution is -2.22. The smallest absolute Gasteiger partial charge is 0.178 e. The fourth-order valence-electron chi connectivity index (χ4n) is 1.51. The fourth-order valence-corrected chi connectivity index (χ4v) is 1.51. The molecule has 79 valence electrons. The van der Waals surface area contributed by atoms with Crippen LogP contribution in [-0.4, -0.2) is 11.6 Å². The van der Waals surface area contributed by atoms with Gasteiger partial charge in [0, 0.05) is 17.3 Å². The maximum absolute atomic E-state index is 12.0. The Bertz CT molecular complexity index is 483. The third-order valence-electron chi connectivity index (χ3n) is 2.39. The van der Waals surface area contributed by atoms with E-state index in [1.165, 1.54) is 6.08 Å². The van der Waals surface area contributed by atoms with Crippen molar-refractivity contribution >= 4 is 17.3 Å². The number of hydrogen-bond donors (Lipinski definition) is 1. The minimum absolute atomic E-state index is 0.221. The van der Waals surface area contributed by atoms with Gasteiger partial charge in [0.15, 0.2) is 11.6 Å². The molecule has 1 radical (unpaired) electrons. The second-order valence-corrected chi connectivity index (χ2v) is 3.52. The number of rotatable bonds is 2. The van der Waals surface area contributed by atoms with E-state index < -0.39 is 5.92 Å². The zero-order valence-corrected chi connectivity index (χ0v) is 8.51. The van der Waals surface area contributed by atoms with Gasteiger partial charge >= 0.3 is 0 Å². The molecule has 2 N–H and O–H groups in total. The van der Waals surface area contributed by atoms with Gasteiger partial charge in [-0.2, -0.15) is 0 Å². The van der Waals surface area contributed by atoms with Gasteiger partial charge in [0.2, 0.25) is 0 Å². The Morgan fingerprint density at radius 1 is 1.25 bits per heavy atom. The Balaban J connectivity index is 2.25. The van der Waals surface area contributed by atoms with E-state index >= 15 is 0 Å². The number of carbonyl (C=O) groups is 2. The van der Waals surface area contributed by atoms with E-state index in [9.17, 15) is 9.59 Å². The molecular weight excluding hydrogens is 202 g/mol. The van der Waals surface area contributed by atoms with Gasteiger partial charge in [0.05, 0.1) is 0 Å². The SMILES string of the molecule is Nc1ccc(C(=O)C2C=CC=[C]C2=O)cc1. The van der Waals surface area contributed by atoms with Crippen LogP contribution in [0.3, 0.4) is 0 Å². The van der Waals surface area contributed by atoms with Gasteiger partial charge in [-0.15, -0.1) is 0 Å². The summed E-state index contributed by atoms with van der Waals surface area (Å²) in [5, 5.41) is 0. The van der Waals surface area contributed by atoms with Crippen LogP contribution in [0, 0.1) is 12.0 Å². The van der Waals surface area contributed by atoms with E-state index in [0.717, 1.165) is 0 Å². The minimum atomic E-state index is -0.742. The largest absolute Gasteiger partial charge is 0.399 e. The van der Waals surface area contributed by atoms with Crippen molar-refractivity contribution in [1.29, 1.82) is 0 Å². The first-order chi connectivity index (χ1) is 7.68. The number of allylic oxidation sites excluding steroid dienone is 4. The lowest BCUT2D eigenvalue weighted by molar-refractivity contribution is -0.116. The van der Waals surface area contributed by atoms with Crippen molar-refractivity contribution in [2.45, 2.75) is 0 Å². The molecule has 0 saturated heterocycles. The van der Waals surface area contributed by atoms with E-state index in [-0.39, 0.29) is 11.6 Å². The molecule has 1 aromatic rings. The molecule has 3 heteroatoms. The third kappa shape index (κ3) is 1.93. The van der Waals surface area contributed by atoms with Crippen LogP contribution in [-0.2, 0) is 4.79 Å². The number of benzene rings is 1. The first-order valence-corrected chi connectivity index (χ1v) is 4.88. The highest BCUT2D eigenvalue weighted by Gasteiger charge is 2.24. The summed E-state index contributed by atoms with van der Waals surface area (Å²) < 4.78 is 0. The second-order valence-electron chi connectivity index (χ2n) is 3.52. The van der Waals surface area contributed by atoms with Gasteiger partial charge in [0.25, 0.3) is 0 Å². The molecule has 3 nitrogen and oxygen atoms in total. The average Bonchev–Trinajstić information content (AvgIpc) is 2.30. The first kappa shape index (κ1) is 10.4. The van der Waals surface area contributed by atoms with Crippen LogP contribution in [0.15, 0.2) is 42.5 Å². The number of nitrogen functional groups attached to an aromatic ring is 1. The monoisotopic (exact) mass is 212 g/mol. The van der Waals surface area contributed by atoms with Crippen LogP contribution in [0.5, 0.6) is 0 Å². The highest BCUT2D eigenvalue weighted by atomic mass is 16.1. The third-order valence-corrected chi connectivity index (χ3v) is 2.39. The predicted octanol–water partition coefficient (Wildman–Crippen LogP) is 1.57. The van der Waals surface area contributed by atoms with Crippen LogP contribution in [0.2, 0.25) is 0 Å². The van der Waals surface area contributed by atoms with E-state index in [1.54, 1.807) is 36.4 Å². The second kappa shape index (κ2) is 4.14. The summed E-state index contributed by atoms with van der Waals surface area (Å²) in [5.41, 5.74) is 6.60. The molecule has 0 amide bonds. The summed E-state index contributed by atoms with van der Waals surface area (Å²) >= 11 is 0. The van der Waals surface area contributed by atoms with Crippen LogP contribution in [0.4, 0.5) is 5.69 Å². The van der Waals surface area contributed by atoms with Crippen molar-refractivity contribution in [2.75, 3.05) is 5.73 Å². The lowest BCUT2D eigenvalue weighted by atomic mass is 9.91. The topological polar surface area (TPSA) is 60.2 Å². The van der Waals surface area contributed by atoms with Crippen LogP contribution in [0.1, 0.15) is 10.4 Å². The van der Waals surface area contributed by atoms with Gasteiger partial charge in [-0.1, -0.05) is 18.2 Å². The predicted molar refractivity (Wildman–Crippen MR) is 60.6 cm³/mol. The highest BCUT2D eigenvalue weighted by molar-refractivity contribution is 6.14. The summed E-state index contributed by atoms with van der Waals surface area (Å²) in [6.45, 7) is 0. The number of carbonyl (C=O) groups excluding carboxylic acids is 2. The van der Waals surface area contributed by atoms with Gasteiger partial charge in [-0.25, -0.2) is 0 Å². The van der Waals surface area contributed by atoms with Gasteiger partial charge in [-0.3, -0.25) is 9.59 Å². The van der Waals surface area contributed by atoms with E-state index in [4.69, 9.17) is 5.73 Å². The van der Waals surface area contributed by atoms with Gasteiger partial charge in [-0.05, 0) is 24.3 Å². The molecule has 0 spiro atoms. The van der Waals surface area contributed by atoms with Gasteiger partial charge in [0.1, 0.15) is 5.92 Å². The van der Waals surface area contributed by atoms with Crippen molar-refractivity contribution in [1.82, 2.24) is 0 Å². The summed E-state index contributed by atoms with van der Waals surface area (Å²) in [5.74, 6) is -1.26. The van der Waals surface area contributed by atoms with Crippen LogP contribution >= 0.6 is 0 Å². The number of ketones is 2. The lowest BCUT2D eigenvalue weighted by Gasteiger charge is -2.10. The van der Waals surface area contributed by atoms with Crippen LogP contribution < -0.4 is 5.73 Å². The molecule has 1 aliphatic carbocycles. The number of nitrogens with two attached hydrogens (primary N) is 1. The molecule has 16 heavy (non-hydrogen) atoms. The van der Waals surface area contributed by atoms with Crippen molar-refractivity contribution in [3.05, 3.63) is 54.1 Å². The number of hydrogen-bond acceptors (Lipinski definition) is 3. The maximum Gasteiger partial charge on any atom is 0.178 e. The van der Waals surface area contributed by atoms with Crippen LogP contribution in [0.25, 0.3) is 0 Å². The quantitative estimate of drug-likeness (QED) is 0.460. The molecule has 0 aliphatic heterocycles. The summed E-state index contributed by atoms with van der Waals surface area (Å²) in [6.07, 6.45) is 7.24. The molecular formula is C13H10NO2. The Morgan fingerprint density at radius 3 is 2.56 bits per heavy atom. The van der Waals surface area contributed by atoms with Crippen molar-refractivity contribution in [3.63, 3.8) is 0 Å². The average molecular weight is 212 g/mol. The standard InChI is InChI=1S/C13H10NO2/c14-10-7-5-9(6-8-10)13(16)11-3-1-2-4-12(11)15/h1-3,5-8,11H,14H2. The molecule has 0 heterocycles. The summed E-state index contributed by atoms with van der Waals surface area (Å²) in [7, 11) is 0. The Kier molecular flexibility index (Phi) is 2.68. The minimum Gasteiger partial charge on any atom is -0.399 e. The molecule has 1 atom stereocenters. The molecule has 1 unspecified atom stereocenters. The molecule has 0 aromatic heterocycles. The Hall–Kier alpha value is -2.16. The van der Waals surface area contributed by atoms with Crippen molar-refractivity contribution in [2.24, 2.45) is 5.92 Å². The molecule has 2 rings (SSSR count). The fraction of sp³-hybridized carbons (Fsp3) is 0.0769. The maximum atomic E-state index is 12.0. The molecule has 0 bridgehead atoms. The van der Waals surface area contributed by atoms with E-state index in [0.29, 0.717) is 11.3 Å². The summed E-state index contributed by atoms with van der Waals surface area (Å²) in [4.78, 5) is 23.4. The molecule has 1 aliphatic rings. The number of Topliss-reactive ketones (excluding diaryl/α,β-unsaturated/α-hetero) is 2. The molecule has 1 aromatic carbocycles. The molecule has 0 fully saturated rings. The number of anilines is 1. The highest BCUT2D eigenvalue weighted by Crippen LogP contribution is 2.16. The zero-order valence-electron chi connectivity index (χ0n) is 8.51. The zero-order chi connectivity index (χ0) is 11.5. The van der Waals surface area contributed by atoms with Crippen molar-refractivity contribution in [3.8, 4) is 0 Å². The van der Waals surface area contributed by atoms with E-state index in [1.807, 2.05) is 0 Å². The van der Waals surface area contributed by atoms with Gasteiger partial charge < -0.3 is 5.73 Å². The van der Waals surface area contributed by atoms with E-state index in [2.05, 4.69) is 6.08 Å².